The van der Waals surface area contributed by atoms with E-state index in [2.05, 4.69) is 17.1 Å². The van der Waals surface area contributed by atoms with E-state index < -0.39 is 6.10 Å². The minimum Gasteiger partial charge on any atom is -0.383 e. The lowest BCUT2D eigenvalue weighted by Gasteiger charge is -2.37. The van der Waals surface area contributed by atoms with Crippen molar-refractivity contribution in [2.75, 3.05) is 13.1 Å². The summed E-state index contributed by atoms with van der Waals surface area (Å²) < 4.78 is 13.0. The highest BCUT2D eigenvalue weighted by Crippen LogP contribution is 2.28. The Morgan fingerprint density at radius 1 is 1.22 bits per heavy atom. The molecule has 1 aromatic rings. The number of likely N-dealkylation sites (tertiary alicyclic amines) is 1. The van der Waals surface area contributed by atoms with Crippen LogP contribution in [0.4, 0.5) is 4.39 Å². The zero-order valence-corrected chi connectivity index (χ0v) is 13.5. The van der Waals surface area contributed by atoms with Gasteiger partial charge >= 0.3 is 0 Å². The number of carbonyl (C=O) groups excluding carboxylic acids is 1. The standard InChI is InChI=1S/C18H25FN2O2/c1-12(13-2-4-15(19)5-3-13)21-10-8-14(9-11-21)17(22)18(23)20-16-6-7-16/h2-5,12,14,16-17,22H,6-11H2,1H3,(H,20,23). The van der Waals surface area contributed by atoms with Gasteiger partial charge in [-0.2, -0.15) is 0 Å². The van der Waals surface area contributed by atoms with Crippen molar-refractivity contribution >= 4 is 5.91 Å². The first-order valence-corrected chi connectivity index (χ1v) is 8.52. The van der Waals surface area contributed by atoms with E-state index in [1.807, 2.05) is 12.1 Å². The first-order valence-electron chi connectivity index (χ1n) is 8.52. The molecule has 1 aliphatic carbocycles. The number of benzene rings is 1. The maximum absolute atomic E-state index is 13.0. The van der Waals surface area contributed by atoms with E-state index in [0.29, 0.717) is 0 Å². The molecule has 2 N–H and O–H groups in total. The molecule has 1 aromatic carbocycles. The maximum atomic E-state index is 13.0. The Kier molecular flexibility index (Phi) is 4.97. The van der Waals surface area contributed by atoms with E-state index in [1.54, 1.807) is 0 Å². The zero-order chi connectivity index (χ0) is 16.4. The van der Waals surface area contributed by atoms with Crippen molar-refractivity contribution in [1.29, 1.82) is 0 Å². The topological polar surface area (TPSA) is 52.6 Å². The molecule has 23 heavy (non-hydrogen) atoms. The molecule has 2 atom stereocenters. The summed E-state index contributed by atoms with van der Waals surface area (Å²) >= 11 is 0. The Morgan fingerprint density at radius 3 is 2.39 bits per heavy atom. The number of halogens is 1. The van der Waals surface area contributed by atoms with Gasteiger partial charge < -0.3 is 10.4 Å². The fourth-order valence-corrected chi connectivity index (χ4v) is 3.30. The molecular formula is C18H25FN2O2. The Labute approximate surface area is 136 Å². The monoisotopic (exact) mass is 320 g/mol. The summed E-state index contributed by atoms with van der Waals surface area (Å²) in [4.78, 5) is 14.3. The van der Waals surface area contributed by atoms with Gasteiger partial charge in [0, 0.05) is 12.1 Å². The van der Waals surface area contributed by atoms with Gasteiger partial charge in [-0.05, 0) is 69.3 Å². The molecule has 0 radical (unpaired) electrons. The number of nitrogens with zero attached hydrogens (tertiary/aromatic N) is 1. The number of rotatable bonds is 5. The van der Waals surface area contributed by atoms with E-state index in [9.17, 15) is 14.3 Å². The second kappa shape index (κ2) is 6.97. The van der Waals surface area contributed by atoms with E-state index in [0.717, 1.165) is 44.3 Å². The Morgan fingerprint density at radius 2 is 1.83 bits per heavy atom. The molecule has 0 spiro atoms. The molecule has 1 aliphatic heterocycles. The van der Waals surface area contributed by atoms with Crippen LogP contribution in [-0.2, 0) is 4.79 Å². The molecule has 0 aromatic heterocycles. The van der Waals surface area contributed by atoms with Crippen LogP contribution in [0.15, 0.2) is 24.3 Å². The normalized spacial score (nSPS) is 22.6. The molecule has 3 rings (SSSR count). The molecule has 1 amide bonds. The maximum Gasteiger partial charge on any atom is 0.249 e. The minimum atomic E-state index is -0.890. The Balaban J connectivity index is 1.51. The lowest BCUT2D eigenvalue weighted by atomic mass is 9.89. The van der Waals surface area contributed by atoms with Gasteiger partial charge in [-0.25, -0.2) is 4.39 Å². The predicted octanol–water partition coefficient (Wildman–Crippen LogP) is 2.24. The Hall–Kier alpha value is -1.46. The minimum absolute atomic E-state index is 0.0328. The summed E-state index contributed by atoms with van der Waals surface area (Å²) in [5, 5.41) is 13.1. The largest absolute Gasteiger partial charge is 0.383 e. The van der Waals surface area contributed by atoms with Crippen LogP contribution in [0.5, 0.6) is 0 Å². The average molecular weight is 320 g/mol. The highest BCUT2D eigenvalue weighted by Gasteiger charge is 2.33. The van der Waals surface area contributed by atoms with Crippen molar-refractivity contribution in [2.24, 2.45) is 5.92 Å². The van der Waals surface area contributed by atoms with Gasteiger partial charge in [0.2, 0.25) is 5.91 Å². The molecule has 1 saturated heterocycles. The first kappa shape index (κ1) is 16.4. The second-order valence-electron chi connectivity index (χ2n) is 6.83. The van der Waals surface area contributed by atoms with Crippen LogP contribution in [0.25, 0.3) is 0 Å². The van der Waals surface area contributed by atoms with Crippen molar-refractivity contribution in [1.82, 2.24) is 10.2 Å². The number of hydrogen-bond donors (Lipinski definition) is 2. The fraction of sp³-hybridized carbons (Fsp3) is 0.611. The third-order valence-corrected chi connectivity index (χ3v) is 5.11. The molecule has 4 nitrogen and oxygen atoms in total. The number of amides is 1. The predicted molar refractivity (Wildman–Crippen MR) is 86.3 cm³/mol. The molecule has 2 unspecified atom stereocenters. The fourth-order valence-electron chi connectivity index (χ4n) is 3.30. The molecule has 5 heteroatoms. The zero-order valence-electron chi connectivity index (χ0n) is 13.5. The highest BCUT2D eigenvalue weighted by molar-refractivity contribution is 5.81. The third kappa shape index (κ3) is 4.09. The summed E-state index contributed by atoms with van der Waals surface area (Å²) in [5.41, 5.74) is 1.09. The van der Waals surface area contributed by atoms with Gasteiger partial charge in [-0.1, -0.05) is 12.1 Å². The van der Waals surface area contributed by atoms with Gasteiger partial charge in [-0.15, -0.1) is 0 Å². The van der Waals surface area contributed by atoms with Gasteiger partial charge in [0.15, 0.2) is 0 Å². The summed E-state index contributed by atoms with van der Waals surface area (Å²) in [6, 6.07) is 7.13. The van der Waals surface area contributed by atoms with Crippen LogP contribution < -0.4 is 5.32 Å². The molecule has 2 fully saturated rings. The number of hydrogen-bond acceptors (Lipinski definition) is 3. The number of carbonyl (C=O) groups is 1. The average Bonchev–Trinajstić information content (AvgIpc) is 3.38. The van der Waals surface area contributed by atoms with Crippen LogP contribution in [0.1, 0.15) is 44.2 Å². The van der Waals surface area contributed by atoms with Crippen molar-refractivity contribution in [3.8, 4) is 0 Å². The summed E-state index contributed by atoms with van der Waals surface area (Å²) in [7, 11) is 0. The van der Waals surface area contributed by atoms with Crippen LogP contribution in [0.2, 0.25) is 0 Å². The van der Waals surface area contributed by atoms with Gasteiger partial charge in [0.1, 0.15) is 11.9 Å². The molecule has 1 heterocycles. The SMILES string of the molecule is CC(c1ccc(F)cc1)N1CCC(C(O)C(=O)NC2CC2)CC1. The lowest BCUT2D eigenvalue weighted by molar-refractivity contribution is -0.133. The number of aliphatic hydroxyl groups excluding tert-OH is 1. The second-order valence-corrected chi connectivity index (χ2v) is 6.83. The summed E-state index contributed by atoms with van der Waals surface area (Å²) in [5.74, 6) is -0.396. The number of nitrogens with one attached hydrogen (secondary N) is 1. The van der Waals surface area contributed by atoms with Crippen LogP contribution >= 0.6 is 0 Å². The number of aliphatic hydroxyl groups is 1. The highest BCUT2D eigenvalue weighted by atomic mass is 19.1. The van der Waals surface area contributed by atoms with E-state index in [-0.39, 0.29) is 29.7 Å². The van der Waals surface area contributed by atoms with E-state index in [1.165, 1.54) is 12.1 Å². The molecular weight excluding hydrogens is 295 g/mol. The van der Waals surface area contributed by atoms with Crippen LogP contribution in [0, 0.1) is 11.7 Å². The van der Waals surface area contributed by atoms with Gasteiger partial charge in [0.25, 0.3) is 0 Å². The number of piperidine rings is 1. The van der Waals surface area contributed by atoms with Crippen molar-refractivity contribution in [2.45, 2.75) is 50.8 Å². The summed E-state index contributed by atoms with van der Waals surface area (Å²) in [6.07, 6.45) is 2.80. The van der Waals surface area contributed by atoms with Gasteiger partial charge in [-0.3, -0.25) is 9.69 Å². The first-order chi connectivity index (χ1) is 11.0. The van der Waals surface area contributed by atoms with Crippen molar-refractivity contribution < 1.29 is 14.3 Å². The quantitative estimate of drug-likeness (QED) is 0.875. The van der Waals surface area contributed by atoms with E-state index >= 15 is 0 Å². The summed E-state index contributed by atoms with van der Waals surface area (Å²) in [6.45, 7) is 3.80. The van der Waals surface area contributed by atoms with E-state index in [4.69, 9.17) is 0 Å². The third-order valence-electron chi connectivity index (χ3n) is 5.11. The van der Waals surface area contributed by atoms with Crippen LogP contribution in [0.3, 0.4) is 0 Å². The van der Waals surface area contributed by atoms with Gasteiger partial charge in [0.05, 0.1) is 0 Å². The lowest BCUT2D eigenvalue weighted by Crippen LogP contribution is -2.45. The molecule has 1 saturated carbocycles. The van der Waals surface area contributed by atoms with Crippen LogP contribution in [-0.4, -0.2) is 41.1 Å². The Bertz CT molecular complexity index is 536. The molecule has 126 valence electrons. The smallest absolute Gasteiger partial charge is 0.249 e. The van der Waals surface area contributed by atoms with Crippen molar-refractivity contribution in [3.05, 3.63) is 35.6 Å². The molecule has 0 bridgehead atoms. The van der Waals surface area contributed by atoms with Crippen molar-refractivity contribution in [3.63, 3.8) is 0 Å². The molecule has 2 aliphatic rings.